The van der Waals surface area contributed by atoms with Gasteiger partial charge in [0.1, 0.15) is 0 Å². The first-order chi connectivity index (χ1) is 10.3. The van der Waals surface area contributed by atoms with Gasteiger partial charge in [-0.05, 0) is 42.8 Å². The summed E-state index contributed by atoms with van der Waals surface area (Å²) >= 11 is 0. The number of hydrogen-bond acceptors (Lipinski definition) is 3. The van der Waals surface area contributed by atoms with Crippen LogP contribution in [-0.4, -0.2) is 4.98 Å². The molecule has 2 aromatic rings. The molecule has 0 aliphatic rings. The van der Waals surface area contributed by atoms with E-state index in [1.165, 1.54) is 12.8 Å². The second-order valence-electron chi connectivity index (χ2n) is 4.77. The number of pyridine rings is 1. The summed E-state index contributed by atoms with van der Waals surface area (Å²) in [6, 6.07) is 13.7. The first kappa shape index (κ1) is 14.8. The van der Waals surface area contributed by atoms with Gasteiger partial charge in [0.15, 0.2) is 0 Å². The van der Waals surface area contributed by atoms with Crippen LogP contribution < -0.4 is 4.90 Å². The molecule has 0 atom stereocenters. The van der Waals surface area contributed by atoms with Crippen LogP contribution in [0.3, 0.4) is 0 Å². The second kappa shape index (κ2) is 7.86. The molecule has 21 heavy (non-hydrogen) atoms. The van der Waals surface area contributed by atoms with E-state index in [-0.39, 0.29) is 0 Å². The number of unbranched alkanes of at least 4 members (excludes halogenated alkanes) is 2. The number of nitriles is 1. The zero-order chi connectivity index (χ0) is 14.9. The molecular formula is C18H19N3. The summed E-state index contributed by atoms with van der Waals surface area (Å²) in [4.78, 5) is 6.27. The first-order valence-electron chi connectivity index (χ1n) is 7.21. The van der Waals surface area contributed by atoms with Crippen LogP contribution in [-0.2, 0) is 0 Å². The molecule has 1 aromatic carbocycles. The van der Waals surface area contributed by atoms with E-state index in [0.717, 1.165) is 17.8 Å². The molecule has 0 N–H and O–H groups in total. The lowest BCUT2D eigenvalue weighted by molar-refractivity contribution is 0.813. The molecule has 3 nitrogen and oxygen atoms in total. The molecule has 1 heterocycles. The highest BCUT2D eigenvalue weighted by molar-refractivity contribution is 5.65. The van der Waals surface area contributed by atoms with Gasteiger partial charge < -0.3 is 4.90 Å². The number of benzene rings is 1. The van der Waals surface area contributed by atoms with E-state index in [9.17, 15) is 0 Å². The van der Waals surface area contributed by atoms with E-state index in [1.54, 1.807) is 6.20 Å². The van der Waals surface area contributed by atoms with Crippen LogP contribution in [0, 0.1) is 11.3 Å². The third kappa shape index (κ3) is 4.19. The van der Waals surface area contributed by atoms with Crippen molar-refractivity contribution in [3.05, 3.63) is 66.6 Å². The van der Waals surface area contributed by atoms with E-state index in [0.29, 0.717) is 5.56 Å². The lowest BCUT2D eigenvalue weighted by Gasteiger charge is -2.20. The molecule has 0 saturated carbocycles. The van der Waals surface area contributed by atoms with Crippen molar-refractivity contribution in [1.29, 1.82) is 5.26 Å². The number of nitrogens with zero attached hydrogens (tertiary/aromatic N) is 3. The molecule has 2 rings (SSSR count). The summed E-state index contributed by atoms with van der Waals surface area (Å²) in [5, 5.41) is 8.90. The Morgan fingerprint density at radius 3 is 2.62 bits per heavy atom. The van der Waals surface area contributed by atoms with Crippen LogP contribution in [0.4, 0.5) is 11.4 Å². The van der Waals surface area contributed by atoms with E-state index < -0.39 is 0 Å². The maximum absolute atomic E-state index is 8.90. The van der Waals surface area contributed by atoms with Gasteiger partial charge in [0, 0.05) is 18.1 Å². The first-order valence-corrected chi connectivity index (χ1v) is 7.21. The van der Waals surface area contributed by atoms with E-state index in [1.807, 2.05) is 42.6 Å². The minimum atomic E-state index is 0.667. The molecule has 0 spiro atoms. The molecule has 0 bridgehead atoms. The standard InChI is InChI=1S/C18H19N3/c1-2-3-4-5-13-21(18-7-6-12-20-15-18)17-10-8-16(14-19)9-11-17/h5-13,15H,2-4H2,1H3/b13-5+. The van der Waals surface area contributed by atoms with Gasteiger partial charge >= 0.3 is 0 Å². The Morgan fingerprint density at radius 1 is 1.19 bits per heavy atom. The van der Waals surface area contributed by atoms with Crippen molar-refractivity contribution < 1.29 is 0 Å². The Bertz CT molecular complexity index is 609. The Hall–Kier alpha value is -2.60. The Labute approximate surface area is 126 Å². The van der Waals surface area contributed by atoms with Crippen LogP contribution in [0.25, 0.3) is 0 Å². The number of aromatic nitrogens is 1. The fraction of sp³-hybridized carbons (Fsp3) is 0.222. The van der Waals surface area contributed by atoms with Crippen molar-refractivity contribution in [2.45, 2.75) is 26.2 Å². The summed E-state index contributed by atoms with van der Waals surface area (Å²) < 4.78 is 0. The Balaban J connectivity index is 2.26. The molecule has 0 radical (unpaired) electrons. The van der Waals surface area contributed by atoms with Gasteiger partial charge in [-0.1, -0.05) is 25.8 Å². The van der Waals surface area contributed by atoms with Gasteiger partial charge in [-0.3, -0.25) is 4.98 Å². The predicted molar refractivity (Wildman–Crippen MR) is 86.2 cm³/mol. The molecule has 0 amide bonds. The summed E-state index contributed by atoms with van der Waals surface area (Å²) in [6.07, 6.45) is 11.3. The average molecular weight is 277 g/mol. The zero-order valence-electron chi connectivity index (χ0n) is 12.2. The minimum Gasteiger partial charge on any atom is -0.316 e. The number of hydrogen-bond donors (Lipinski definition) is 0. The van der Waals surface area contributed by atoms with Crippen molar-refractivity contribution in [2.75, 3.05) is 4.90 Å². The highest BCUT2D eigenvalue weighted by atomic mass is 15.1. The van der Waals surface area contributed by atoms with E-state index >= 15 is 0 Å². The van der Waals surface area contributed by atoms with Crippen molar-refractivity contribution >= 4 is 11.4 Å². The molecular weight excluding hydrogens is 258 g/mol. The monoisotopic (exact) mass is 277 g/mol. The Kier molecular flexibility index (Phi) is 5.54. The van der Waals surface area contributed by atoms with Gasteiger partial charge in [-0.25, -0.2) is 0 Å². The normalized spacial score (nSPS) is 10.5. The van der Waals surface area contributed by atoms with Gasteiger partial charge in [0.2, 0.25) is 0 Å². The van der Waals surface area contributed by atoms with Crippen molar-refractivity contribution in [2.24, 2.45) is 0 Å². The van der Waals surface area contributed by atoms with Gasteiger partial charge in [0.25, 0.3) is 0 Å². The zero-order valence-corrected chi connectivity index (χ0v) is 12.2. The molecule has 0 saturated heterocycles. The second-order valence-corrected chi connectivity index (χ2v) is 4.77. The Morgan fingerprint density at radius 2 is 2.00 bits per heavy atom. The topological polar surface area (TPSA) is 39.9 Å². The summed E-state index contributed by atoms with van der Waals surface area (Å²) in [5.74, 6) is 0. The van der Waals surface area contributed by atoms with Crippen molar-refractivity contribution in [3.8, 4) is 6.07 Å². The SMILES string of the molecule is CCCC/C=C/N(c1ccc(C#N)cc1)c1cccnc1. The average Bonchev–Trinajstić information content (AvgIpc) is 2.56. The third-order valence-electron chi connectivity index (χ3n) is 3.18. The largest absolute Gasteiger partial charge is 0.316 e. The maximum Gasteiger partial charge on any atom is 0.0991 e. The van der Waals surface area contributed by atoms with Crippen LogP contribution in [0.1, 0.15) is 31.7 Å². The summed E-state index contributed by atoms with van der Waals surface area (Å²) in [6.45, 7) is 2.19. The van der Waals surface area contributed by atoms with E-state index in [4.69, 9.17) is 5.26 Å². The van der Waals surface area contributed by atoms with Gasteiger partial charge in [-0.2, -0.15) is 5.26 Å². The molecule has 0 aliphatic heterocycles. The molecule has 0 aliphatic carbocycles. The van der Waals surface area contributed by atoms with Crippen molar-refractivity contribution in [1.82, 2.24) is 4.98 Å². The van der Waals surface area contributed by atoms with Crippen LogP contribution in [0.2, 0.25) is 0 Å². The molecule has 3 heteroatoms. The lowest BCUT2D eigenvalue weighted by atomic mass is 10.2. The highest BCUT2D eigenvalue weighted by Gasteiger charge is 2.06. The van der Waals surface area contributed by atoms with Gasteiger partial charge in [0.05, 0.1) is 23.5 Å². The third-order valence-corrected chi connectivity index (χ3v) is 3.18. The number of rotatable bonds is 6. The van der Waals surface area contributed by atoms with Crippen LogP contribution in [0.5, 0.6) is 0 Å². The minimum absolute atomic E-state index is 0.667. The quantitative estimate of drug-likeness (QED) is 0.712. The van der Waals surface area contributed by atoms with Crippen LogP contribution >= 0.6 is 0 Å². The number of anilines is 2. The van der Waals surface area contributed by atoms with Crippen LogP contribution in [0.15, 0.2) is 61.1 Å². The smallest absolute Gasteiger partial charge is 0.0991 e. The summed E-state index contributed by atoms with van der Waals surface area (Å²) in [5.41, 5.74) is 2.70. The van der Waals surface area contributed by atoms with Gasteiger partial charge in [-0.15, -0.1) is 0 Å². The molecule has 1 aromatic heterocycles. The molecule has 0 unspecified atom stereocenters. The molecule has 106 valence electrons. The summed E-state index contributed by atoms with van der Waals surface area (Å²) in [7, 11) is 0. The number of allylic oxidation sites excluding steroid dienone is 1. The molecule has 0 fully saturated rings. The van der Waals surface area contributed by atoms with E-state index in [2.05, 4.69) is 35.2 Å². The lowest BCUT2D eigenvalue weighted by Crippen LogP contribution is -2.08. The highest BCUT2D eigenvalue weighted by Crippen LogP contribution is 2.25. The van der Waals surface area contributed by atoms with Crippen molar-refractivity contribution in [3.63, 3.8) is 0 Å². The fourth-order valence-electron chi connectivity index (χ4n) is 2.02. The predicted octanol–water partition coefficient (Wildman–Crippen LogP) is 4.80. The maximum atomic E-state index is 8.90. The fourth-order valence-corrected chi connectivity index (χ4v) is 2.02.